The molecule has 0 radical (unpaired) electrons. The fourth-order valence-corrected chi connectivity index (χ4v) is 4.13. The first-order valence-electron chi connectivity index (χ1n) is 8.50. The van der Waals surface area contributed by atoms with Crippen molar-refractivity contribution in [1.82, 2.24) is 9.80 Å². The molecule has 4 heteroatoms. The molecule has 1 aromatic rings. The van der Waals surface area contributed by atoms with Crippen LogP contribution < -0.4 is 0 Å². The highest BCUT2D eigenvalue weighted by Gasteiger charge is 2.47. The first-order valence-corrected chi connectivity index (χ1v) is 8.50. The summed E-state index contributed by atoms with van der Waals surface area (Å²) in [6, 6.07) is 7.21. The van der Waals surface area contributed by atoms with Crippen LogP contribution in [0.1, 0.15) is 37.2 Å². The lowest BCUT2D eigenvalue weighted by molar-refractivity contribution is -0.131. The average molecular weight is 302 g/mol. The predicted molar refractivity (Wildman–Crippen MR) is 83.0 cm³/mol. The molecule has 1 amide bonds. The van der Waals surface area contributed by atoms with Gasteiger partial charge in [-0.3, -0.25) is 9.69 Å². The largest absolute Gasteiger partial charge is 0.341 e. The SMILES string of the molecule is O=C([C@@H]1C[C@@H]1c1ccc(F)cc1)N1CC[C@@H](N2CCCC2)C1. The molecule has 3 atom stereocenters. The van der Waals surface area contributed by atoms with Crippen molar-refractivity contribution in [3.05, 3.63) is 35.6 Å². The molecule has 0 unspecified atom stereocenters. The van der Waals surface area contributed by atoms with Gasteiger partial charge in [-0.25, -0.2) is 4.39 Å². The van der Waals surface area contributed by atoms with Crippen LogP contribution in [0.25, 0.3) is 0 Å². The molecule has 0 bridgehead atoms. The fourth-order valence-electron chi connectivity index (χ4n) is 4.13. The summed E-state index contributed by atoms with van der Waals surface area (Å²) < 4.78 is 13.0. The number of carbonyl (C=O) groups excluding carboxylic acids is 1. The molecule has 3 fully saturated rings. The molecule has 2 aliphatic heterocycles. The van der Waals surface area contributed by atoms with Crippen LogP contribution in [0.3, 0.4) is 0 Å². The van der Waals surface area contributed by atoms with E-state index >= 15 is 0 Å². The number of carbonyl (C=O) groups is 1. The molecule has 1 saturated carbocycles. The van der Waals surface area contributed by atoms with Crippen LogP contribution in [-0.2, 0) is 4.79 Å². The van der Waals surface area contributed by atoms with Crippen LogP contribution in [0.15, 0.2) is 24.3 Å². The number of amides is 1. The molecule has 2 heterocycles. The molecule has 0 spiro atoms. The van der Waals surface area contributed by atoms with Crippen LogP contribution in [0.4, 0.5) is 4.39 Å². The van der Waals surface area contributed by atoms with Gasteiger partial charge in [-0.1, -0.05) is 12.1 Å². The Morgan fingerprint density at radius 3 is 2.55 bits per heavy atom. The summed E-state index contributed by atoms with van der Waals surface area (Å²) in [7, 11) is 0. The van der Waals surface area contributed by atoms with E-state index in [2.05, 4.69) is 9.80 Å². The molecule has 4 rings (SSSR count). The number of halogens is 1. The van der Waals surface area contributed by atoms with Gasteiger partial charge in [0, 0.05) is 25.0 Å². The summed E-state index contributed by atoms with van der Waals surface area (Å²) in [5, 5.41) is 0. The number of benzene rings is 1. The minimum Gasteiger partial charge on any atom is -0.341 e. The summed E-state index contributed by atoms with van der Waals surface area (Å²) >= 11 is 0. The van der Waals surface area contributed by atoms with Gasteiger partial charge in [0.25, 0.3) is 0 Å². The van der Waals surface area contributed by atoms with E-state index in [0.29, 0.717) is 17.9 Å². The highest BCUT2D eigenvalue weighted by molar-refractivity contribution is 5.83. The summed E-state index contributed by atoms with van der Waals surface area (Å²) in [6.07, 6.45) is 4.66. The van der Waals surface area contributed by atoms with E-state index in [1.165, 1.54) is 38.1 Å². The van der Waals surface area contributed by atoms with Crippen LogP contribution in [-0.4, -0.2) is 47.9 Å². The van der Waals surface area contributed by atoms with Crippen LogP contribution in [0.2, 0.25) is 0 Å². The second-order valence-electron chi connectivity index (χ2n) is 6.97. The first-order chi connectivity index (χ1) is 10.7. The summed E-state index contributed by atoms with van der Waals surface area (Å²) in [5.74, 6) is 0.540. The molecule has 1 aliphatic carbocycles. The molecule has 118 valence electrons. The van der Waals surface area contributed by atoms with Crippen molar-refractivity contribution < 1.29 is 9.18 Å². The van der Waals surface area contributed by atoms with Gasteiger partial charge >= 0.3 is 0 Å². The smallest absolute Gasteiger partial charge is 0.226 e. The summed E-state index contributed by atoms with van der Waals surface area (Å²) in [4.78, 5) is 17.3. The molecule has 1 aromatic carbocycles. The quantitative estimate of drug-likeness (QED) is 0.857. The summed E-state index contributed by atoms with van der Waals surface area (Å²) in [6.45, 7) is 4.22. The molecular weight excluding hydrogens is 279 g/mol. The Hall–Kier alpha value is -1.42. The Bertz CT molecular complexity index is 553. The average Bonchev–Trinajstić information content (AvgIpc) is 2.94. The number of hydrogen-bond acceptors (Lipinski definition) is 2. The highest BCUT2D eigenvalue weighted by Crippen LogP contribution is 2.48. The predicted octanol–water partition coefficient (Wildman–Crippen LogP) is 2.63. The molecular formula is C18H23FN2O. The van der Waals surface area contributed by atoms with Crippen LogP contribution in [0, 0.1) is 11.7 Å². The Morgan fingerprint density at radius 1 is 1.09 bits per heavy atom. The van der Waals surface area contributed by atoms with Crippen molar-refractivity contribution in [3.8, 4) is 0 Å². The van der Waals surface area contributed by atoms with Crippen molar-refractivity contribution in [2.45, 2.75) is 37.6 Å². The van der Waals surface area contributed by atoms with Gasteiger partial charge in [-0.2, -0.15) is 0 Å². The van der Waals surface area contributed by atoms with Crippen molar-refractivity contribution in [1.29, 1.82) is 0 Å². The monoisotopic (exact) mass is 302 g/mol. The third-order valence-corrected chi connectivity index (χ3v) is 5.54. The van der Waals surface area contributed by atoms with Gasteiger partial charge < -0.3 is 4.90 Å². The van der Waals surface area contributed by atoms with E-state index in [4.69, 9.17) is 0 Å². The standard InChI is InChI=1S/C18H23FN2O/c19-14-5-3-13(4-6-14)16-11-17(16)18(22)21-10-7-15(12-21)20-8-1-2-9-20/h3-6,15-17H,1-2,7-12H2/t15-,16-,17-/m1/s1. The number of rotatable bonds is 3. The molecule has 22 heavy (non-hydrogen) atoms. The van der Waals surface area contributed by atoms with Crippen LogP contribution in [0.5, 0.6) is 0 Å². The Kier molecular flexibility index (Phi) is 3.65. The zero-order valence-corrected chi connectivity index (χ0v) is 12.9. The summed E-state index contributed by atoms with van der Waals surface area (Å²) in [5.41, 5.74) is 1.11. The maximum Gasteiger partial charge on any atom is 0.226 e. The second-order valence-corrected chi connectivity index (χ2v) is 6.97. The lowest BCUT2D eigenvalue weighted by Crippen LogP contribution is -2.37. The number of hydrogen-bond donors (Lipinski definition) is 0. The van der Waals surface area contributed by atoms with E-state index in [1.807, 2.05) is 12.1 Å². The van der Waals surface area contributed by atoms with E-state index in [-0.39, 0.29) is 11.7 Å². The zero-order valence-electron chi connectivity index (χ0n) is 12.9. The third-order valence-electron chi connectivity index (χ3n) is 5.54. The molecule has 0 aromatic heterocycles. The van der Waals surface area contributed by atoms with E-state index in [1.54, 1.807) is 0 Å². The number of likely N-dealkylation sites (tertiary alicyclic amines) is 2. The third kappa shape index (κ3) is 2.65. The first kappa shape index (κ1) is 14.2. The highest BCUT2D eigenvalue weighted by atomic mass is 19.1. The Balaban J connectivity index is 1.34. The topological polar surface area (TPSA) is 23.6 Å². The molecule has 3 nitrogen and oxygen atoms in total. The van der Waals surface area contributed by atoms with Crippen molar-refractivity contribution in [3.63, 3.8) is 0 Å². The second kappa shape index (κ2) is 5.65. The van der Waals surface area contributed by atoms with Gasteiger partial charge in [-0.15, -0.1) is 0 Å². The van der Waals surface area contributed by atoms with Gasteiger partial charge in [-0.05, 0) is 62.4 Å². The lowest BCUT2D eigenvalue weighted by atomic mass is 10.1. The van der Waals surface area contributed by atoms with Crippen molar-refractivity contribution in [2.24, 2.45) is 5.92 Å². The maximum absolute atomic E-state index is 13.0. The molecule has 0 N–H and O–H groups in total. The van der Waals surface area contributed by atoms with Crippen molar-refractivity contribution >= 4 is 5.91 Å². The lowest BCUT2D eigenvalue weighted by Gasteiger charge is -2.23. The van der Waals surface area contributed by atoms with Gasteiger partial charge in [0.05, 0.1) is 0 Å². The van der Waals surface area contributed by atoms with Crippen molar-refractivity contribution in [2.75, 3.05) is 26.2 Å². The zero-order chi connectivity index (χ0) is 15.1. The van der Waals surface area contributed by atoms with Gasteiger partial charge in [0.1, 0.15) is 5.82 Å². The van der Waals surface area contributed by atoms with E-state index < -0.39 is 0 Å². The normalized spacial score (nSPS) is 31.7. The Morgan fingerprint density at radius 2 is 1.82 bits per heavy atom. The molecule has 2 saturated heterocycles. The fraction of sp³-hybridized carbons (Fsp3) is 0.611. The maximum atomic E-state index is 13.0. The molecule has 3 aliphatic rings. The Labute approximate surface area is 131 Å². The van der Waals surface area contributed by atoms with Gasteiger partial charge in [0.15, 0.2) is 0 Å². The van der Waals surface area contributed by atoms with E-state index in [0.717, 1.165) is 31.5 Å². The number of nitrogens with zero attached hydrogens (tertiary/aromatic N) is 2. The van der Waals surface area contributed by atoms with E-state index in [9.17, 15) is 9.18 Å². The minimum absolute atomic E-state index is 0.128. The van der Waals surface area contributed by atoms with Crippen LogP contribution >= 0.6 is 0 Å². The van der Waals surface area contributed by atoms with Gasteiger partial charge in [0.2, 0.25) is 5.91 Å². The minimum atomic E-state index is -0.208.